The first-order valence-electron chi connectivity index (χ1n) is 13.4. The lowest BCUT2D eigenvalue weighted by Gasteiger charge is -2.35. The van der Waals surface area contributed by atoms with Crippen LogP contribution in [-0.2, 0) is 14.3 Å². The van der Waals surface area contributed by atoms with Crippen LogP contribution >= 0.6 is 0 Å². The Labute approximate surface area is 232 Å². The van der Waals surface area contributed by atoms with Crippen LogP contribution in [0.1, 0.15) is 45.2 Å². The molecule has 1 amide bonds. The average Bonchev–Trinajstić information content (AvgIpc) is 3.42. The van der Waals surface area contributed by atoms with Gasteiger partial charge in [-0.1, -0.05) is 19.8 Å². The molecule has 1 aromatic carbocycles. The summed E-state index contributed by atoms with van der Waals surface area (Å²) >= 11 is 0. The number of nitrogens with zero attached hydrogens (tertiary/aromatic N) is 4. The minimum atomic E-state index is -0.869. The van der Waals surface area contributed by atoms with Gasteiger partial charge >= 0.3 is 0 Å². The van der Waals surface area contributed by atoms with E-state index in [0.717, 1.165) is 19.3 Å². The molecule has 1 aliphatic rings. The van der Waals surface area contributed by atoms with Gasteiger partial charge in [0, 0.05) is 31.4 Å². The van der Waals surface area contributed by atoms with Crippen LogP contribution in [0.25, 0.3) is 22.6 Å². The molecule has 5 N–H and O–H groups in total. The Hall–Kier alpha value is -3.92. The van der Waals surface area contributed by atoms with Crippen molar-refractivity contribution in [2.75, 3.05) is 38.2 Å². The number of imidazole rings is 1. The lowest BCUT2D eigenvalue weighted by Crippen LogP contribution is -2.49. The normalized spacial score (nSPS) is 19.5. The summed E-state index contributed by atoms with van der Waals surface area (Å²) in [5, 5.41) is 15.4. The molecule has 0 spiro atoms. The highest BCUT2D eigenvalue weighted by atomic mass is 19.1. The van der Waals surface area contributed by atoms with Gasteiger partial charge in [-0.2, -0.15) is 5.26 Å². The zero-order valence-electron chi connectivity index (χ0n) is 22.7. The van der Waals surface area contributed by atoms with Crippen molar-refractivity contribution < 1.29 is 18.7 Å². The van der Waals surface area contributed by atoms with Crippen LogP contribution in [0.5, 0.6) is 0 Å². The Morgan fingerprint density at radius 1 is 1.27 bits per heavy atom. The first-order chi connectivity index (χ1) is 19.4. The van der Waals surface area contributed by atoms with Crippen LogP contribution in [0.15, 0.2) is 36.5 Å². The highest BCUT2D eigenvalue weighted by Gasteiger charge is 2.40. The molecule has 0 radical (unpaired) electrons. The van der Waals surface area contributed by atoms with Crippen molar-refractivity contribution in [1.29, 1.82) is 5.26 Å². The number of nitriles is 1. The van der Waals surface area contributed by atoms with E-state index in [0.29, 0.717) is 54.1 Å². The van der Waals surface area contributed by atoms with Gasteiger partial charge in [-0.3, -0.25) is 4.79 Å². The molecule has 0 bridgehead atoms. The maximum absolute atomic E-state index is 13.7. The largest absolute Gasteiger partial charge is 0.354 e. The molecule has 4 rings (SSSR count). The van der Waals surface area contributed by atoms with Crippen molar-refractivity contribution in [3.8, 4) is 28.7 Å². The van der Waals surface area contributed by atoms with Crippen LogP contribution in [0, 0.1) is 28.5 Å². The summed E-state index contributed by atoms with van der Waals surface area (Å²) < 4.78 is 25.5. The lowest BCUT2D eigenvalue weighted by molar-refractivity contribution is -0.231. The van der Waals surface area contributed by atoms with Gasteiger partial charge < -0.3 is 30.8 Å². The molecule has 212 valence electrons. The van der Waals surface area contributed by atoms with Gasteiger partial charge in [-0.05, 0) is 43.7 Å². The van der Waals surface area contributed by atoms with Crippen molar-refractivity contribution >= 4 is 11.9 Å². The van der Waals surface area contributed by atoms with E-state index >= 15 is 0 Å². The fourth-order valence-corrected chi connectivity index (χ4v) is 4.26. The summed E-state index contributed by atoms with van der Waals surface area (Å²) in [6.45, 7) is 5.23. The van der Waals surface area contributed by atoms with Gasteiger partial charge in [0.15, 0.2) is 5.82 Å². The van der Waals surface area contributed by atoms with Crippen LogP contribution < -0.4 is 16.4 Å². The molecule has 0 aliphatic carbocycles. The van der Waals surface area contributed by atoms with E-state index in [1.165, 1.54) is 12.1 Å². The summed E-state index contributed by atoms with van der Waals surface area (Å²) in [5.41, 5.74) is 6.92. The van der Waals surface area contributed by atoms with Gasteiger partial charge in [0.25, 0.3) is 0 Å². The second-order valence-corrected chi connectivity index (χ2v) is 10.0. The number of H-pyrrole nitrogens is 1. The molecule has 40 heavy (non-hydrogen) atoms. The number of hydrogen-bond acceptors (Lipinski definition) is 9. The molecule has 2 aromatic heterocycles. The molecule has 1 saturated heterocycles. The van der Waals surface area contributed by atoms with Gasteiger partial charge in [-0.25, -0.2) is 19.3 Å². The van der Waals surface area contributed by atoms with Gasteiger partial charge in [0.05, 0.1) is 47.7 Å². The number of rotatable bonds is 12. The third-order valence-electron chi connectivity index (χ3n) is 6.65. The molecule has 12 heteroatoms. The third-order valence-corrected chi connectivity index (χ3v) is 6.65. The number of ether oxygens (including phenoxy) is 2. The predicted octanol–water partition coefficient (Wildman–Crippen LogP) is 3.54. The molecule has 3 heterocycles. The molecule has 1 aliphatic heterocycles. The Morgan fingerprint density at radius 2 is 2.02 bits per heavy atom. The summed E-state index contributed by atoms with van der Waals surface area (Å²) in [6.07, 6.45) is 3.56. The van der Waals surface area contributed by atoms with Gasteiger partial charge in [0.1, 0.15) is 5.82 Å². The molecule has 0 saturated carbocycles. The summed E-state index contributed by atoms with van der Waals surface area (Å²) in [6, 6.07) is 10.0. The number of hydrogen-bond donors (Lipinski definition) is 4. The first-order valence-corrected chi connectivity index (χ1v) is 13.4. The Bertz CT molecular complexity index is 1320. The second kappa shape index (κ2) is 13.4. The lowest BCUT2D eigenvalue weighted by atomic mass is 9.91. The van der Waals surface area contributed by atoms with Crippen molar-refractivity contribution in [2.45, 2.75) is 39.4 Å². The minimum absolute atomic E-state index is 0.121. The Morgan fingerprint density at radius 3 is 2.70 bits per heavy atom. The number of nitrogens with two attached hydrogens (primary N) is 1. The van der Waals surface area contributed by atoms with Gasteiger partial charge in [-0.15, -0.1) is 0 Å². The van der Waals surface area contributed by atoms with Crippen LogP contribution in [0.2, 0.25) is 0 Å². The van der Waals surface area contributed by atoms with E-state index < -0.39 is 11.7 Å². The first kappa shape index (κ1) is 29.1. The number of benzene rings is 1. The zero-order valence-corrected chi connectivity index (χ0v) is 22.7. The highest BCUT2D eigenvalue weighted by molar-refractivity contribution is 5.82. The Kier molecular flexibility index (Phi) is 9.76. The molecule has 11 nitrogen and oxygen atoms in total. The number of aromatic amines is 1. The SMILES string of the molecule is CCCCC(C#N)CNc1nccc(-c2[nH]c(C3OCC(C)(C(=O)NCCN)CO3)nc2-c2ccc(F)cc2)n1. The van der Waals surface area contributed by atoms with Crippen LogP contribution in [0.3, 0.4) is 0 Å². The predicted molar refractivity (Wildman–Crippen MR) is 147 cm³/mol. The number of anilines is 1. The van der Waals surface area contributed by atoms with Crippen LogP contribution in [0.4, 0.5) is 10.3 Å². The topological polar surface area (TPSA) is 164 Å². The number of unbranched alkanes of at least 4 members (excludes halogenated alkanes) is 1. The summed E-state index contributed by atoms with van der Waals surface area (Å²) in [5.74, 6) is 0.0500. The number of carbonyl (C=O) groups is 1. The van der Waals surface area contributed by atoms with E-state index in [2.05, 4.69) is 38.6 Å². The summed E-state index contributed by atoms with van der Waals surface area (Å²) in [4.78, 5) is 29.5. The maximum atomic E-state index is 13.7. The fourth-order valence-electron chi connectivity index (χ4n) is 4.26. The van der Waals surface area contributed by atoms with Crippen LogP contribution in [-0.4, -0.2) is 58.7 Å². The second-order valence-electron chi connectivity index (χ2n) is 10.0. The number of carbonyl (C=O) groups excluding carboxylic acids is 1. The molecule has 3 aromatic rings. The van der Waals surface area contributed by atoms with Crippen molar-refractivity contribution in [1.82, 2.24) is 25.3 Å². The minimum Gasteiger partial charge on any atom is -0.354 e. The van der Waals surface area contributed by atoms with Crippen molar-refractivity contribution in [3.05, 3.63) is 48.2 Å². The molecular formula is C28H35FN8O3. The zero-order chi connectivity index (χ0) is 28.5. The fraction of sp³-hybridized carbons (Fsp3) is 0.464. The number of nitrogens with one attached hydrogen (secondary N) is 3. The van der Waals surface area contributed by atoms with E-state index in [1.54, 1.807) is 31.3 Å². The molecule has 1 fully saturated rings. The maximum Gasteiger partial charge on any atom is 0.230 e. The molecule has 1 atom stereocenters. The quantitative estimate of drug-likeness (QED) is 0.264. The smallest absolute Gasteiger partial charge is 0.230 e. The summed E-state index contributed by atoms with van der Waals surface area (Å²) in [7, 11) is 0. The van der Waals surface area contributed by atoms with E-state index in [4.69, 9.17) is 20.2 Å². The average molecular weight is 551 g/mol. The number of amides is 1. The van der Waals surface area contributed by atoms with Gasteiger partial charge in [0.2, 0.25) is 18.1 Å². The molecule has 1 unspecified atom stereocenters. The monoisotopic (exact) mass is 550 g/mol. The number of aromatic nitrogens is 4. The van der Waals surface area contributed by atoms with E-state index in [-0.39, 0.29) is 30.9 Å². The number of halogens is 1. The Balaban J connectivity index is 1.58. The highest BCUT2D eigenvalue weighted by Crippen LogP contribution is 2.35. The van der Waals surface area contributed by atoms with Crippen molar-refractivity contribution in [3.63, 3.8) is 0 Å². The third kappa shape index (κ3) is 6.98. The van der Waals surface area contributed by atoms with E-state index in [9.17, 15) is 14.4 Å². The van der Waals surface area contributed by atoms with E-state index in [1.807, 2.05) is 0 Å². The molecular weight excluding hydrogens is 515 g/mol. The van der Waals surface area contributed by atoms with Crippen molar-refractivity contribution in [2.24, 2.45) is 17.1 Å². The standard InChI is InChI=1S/C28H35FN8O3/c1-3-4-5-18(14-31)15-34-27-33-12-10-21(35-27)23-22(19-6-8-20(29)9-7-19)36-24(37-23)25-39-16-28(2,17-40-25)26(38)32-13-11-30/h6-10,12,18,25H,3-5,11,13,15-17,30H2,1-2H3,(H,32,38)(H,36,37)(H,33,34,35).